The van der Waals surface area contributed by atoms with Gasteiger partial charge in [0.25, 0.3) is 0 Å². The summed E-state index contributed by atoms with van der Waals surface area (Å²) in [6.45, 7) is 1.94. The topological polar surface area (TPSA) is 41.1 Å². The maximum Gasteiger partial charge on any atom is 0.224 e. The Labute approximate surface area is 135 Å². The predicted octanol–water partition coefficient (Wildman–Crippen LogP) is 3.39. The number of benzene rings is 1. The van der Waals surface area contributed by atoms with Crippen LogP contribution in [-0.2, 0) is 24.2 Å². The van der Waals surface area contributed by atoms with Crippen molar-refractivity contribution in [2.45, 2.75) is 25.8 Å². The lowest BCUT2D eigenvalue weighted by Crippen LogP contribution is -2.23. The Kier molecular flexibility index (Phi) is 5.79. The van der Waals surface area contributed by atoms with Crippen LogP contribution in [-0.4, -0.2) is 12.5 Å². The number of hydrogen-bond donors (Lipinski definition) is 2. The van der Waals surface area contributed by atoms with Gasteiger partial charge in [0.05, 0.1) is 0 Å². The van der Waals surface area contributed by atoms with Gasteiger partial charge in [0, 0.05) is 18.7 Å². The summed E-state index contributed by atoms with van der Waals surface area (Å²) in [7, 11) is 0. The first-order valence-corrected chi connectivity index (χ1v) is 7.89. The molecule has 2 heterocycles. The fourth-order valence-corrected chi connectivity index (χ4v) is 3.18. The van der Waals surface area contributed by atoms with Crippen LogP contribution < -0.4 is 10.6 Å². The van der Waals surface area contributed by atoms with Crippen LogP contribution >= 0.6 is 23.7 Å². The summed E-state index contributed by atoms with van der Waals surface area (Å²) in [6.07, 6.45) is 2.41. The molecule has 21 heavy (non-hydrogen) atoms. The molecular weight excluding hydrogens is 304 g/mol. The number of thiophene rings is 1. The molecule has 112 valence electrons. The van der Waals surface area contributed by atoms with Gasteiger partial charge < -0.3 is 10.6 Å². The molecule has 5 heteroatoms. The Bertz CT molecular complexity index is 598. The van der Waals surface area contributed by atoms with Crippen molar-refractivity contribution in [3.8, 4) is 0 Å². The van der Waals surface area contributed by atoms with Crippen molar-refractivity contribution in [3.05, 3.63) is 51.7 Å². The van der Waals surface area contributed by atoms with Crippen molar-refractivity contribution < 1.29 is 4.79 Å². The number of fused-ring (bicyclic) bond motifs is 1. The highest BCUT2D eigenvalue weighted by Gasteiger charge is 2.10. The lowest BCUT2D eigenvalue weighted by Gasteiger charge is -2.18. The molecule has 3 rings (SSSR count). The summed E-state index contributed by atoms with van der Waals surface area (Å²) in [5.41, 5.74) is 4.83. The highest BCUT2D eigenvalue weighted by Crippen LogP contribution is 2.19. The number of halogens is 1. The molecule has 0 aliphatic carbocycles. The van der Waals surface area contributed by atoms with Gasteiger partial charge in [-0.25, -0.2) is 0 Å². The first-order valence-electron chi connectivity index (χ1n) is 6.95. The van der Waals surface area contributed by atoms with Crippen LogP contribution in [0.25, 0.3) is 0 Å². The van der Waals surface area contributed by atoms with Crippen molar-refractivity contribution >= 4 is 35.3 Å². The van der Waals surface area contributed by atoms with E-state index in [0.29, 0.717) is 6.42 Å². The molecule has 1 aliphatic heterocycles. The summed E-state index contributed by atoms with van der Waals surface area (Å²) in [5.74, 6) is 0.0833. The Hall–Kier alpha value is -1.36. The molecule has 1 aromatic heterocycles. The van der Waals surface area contributed by atoms with Crippen molar-refractivity contribution in [3.63, 3.8) is 0 Å². The van der Waals surface area contributed by atoms with Gasteiger partial charge in [-0.15, -0.1) is 12.4 Å². The number of aryl methyl sites for hydroxylation is 1. The monoisotopic (exact) mass is 322 g/mol. The minimum atomic E-state index is 0. The van der Waals surface area contributed by atoms with E-state index in [1.54, 1.807) is 11.3 Å². The zero-order valence-corrected chi connectivity index (χ0v) is 13.4. The van der Waals surface area contributed by atoms with E-state index in [1.165, 1.54) is 16.7 Å². The zero-order chi connectivity index (χ0) is 13.8. The summed E-state index contributed by atoms with van der Waals surface area (Å²) in [5, 5.41) is 10.5. The predicted molar refractivity (Wildman–Crippen MR) is 90.4 cm³/mol. The van der Waals surface area contributed by atoms with Gasteiger partial charge in [0.1, 0.15) is 0 Å². The number of carbonyl (C=O) groups excluding carboxylic acids is 1. The van der Waals surface area contributed by atoms with E-state index in [-0.39, 0.29) is 18.3 Å². The molecule has 0 fully saturated rings. The highest BCUT2D eigenvalue weighted by atomic mass is 35.5. The van der Waals surface area contributed by atoms with Crippen LogP contribution in [0, 0.1) is 0 Å². The molecular formula is C16H19ClN2OS. The minimum absolute atomic E-state index is 0. The second-order valence-corrected chi connectivity index (χ2v) is 5.87. The zero-order valence-electron chi connectivity index (χ0n) is 11.7. The van der Waals surface area contributed by atoms with Crippen molar-refractivity contribution in [2.24, 2.45) is 0 Å². The Morgan fingerprint density at radius 2 is 2.19 bits per heavy atom. The van der Waals surface area contributed by atoms with Crippen LogP contribution in [0.2, 0.25) is 0 Å². The number of hydrogen-bond acceptors (Lipinski definition) is 3. The molecule has 0 atom stereocenters. The summed E-state index contributed by atoms with van der Waals surface area (Å²) >= 11 is 1.67. The van der Waals surface area contributed by atoms with Gasteiger partial charge in [-0.1, -0.05) is 6.07 Å². The summed E-state index contributed by atoms with van der Waals surface area (Å²) in [6, 6.07) is 8.30. The van der Waals surface area contributed by atoms with Gasteiger partial charge in [-0.2, -0.15) is 11.3 Å². The lowest BCUT2D eigenvalue weighted by molar-refractivity contribution is -0.116. The standard InChI is InChI=1S/C16H18N2OS.ClH/c19-16(4-1-12-6-8-20-11-12)18-15-3-2-13-5-7-17-10-14(13)9-15;/h2-3,6,8-9,11,17H,1,4-5,7,10H2,(H,18,19);1H. The molecule has 1 aliphatic rings. The van der Waals surface area contributed by atoms with Crippen LogP contribution in [0.5, 0.6) is 0 Å². The average molecular weight is 323 g/mol. The molecule has 3 nitrogen and oxygen atoms in total. The molecule has 2 aromatic rings. The van der Waals surface area contributed by atoms with Crippen LogP contribution in [0.15, 0.2) is 35.0 Å². The fraction of sp³-hybridized carbons (Fsp3) is 0.312. The average Bonchev–Trinajstić information content (AvgIpc) is 2.98. The van der Waals surface area contributed by atoms with Gasteiger partial charge in [0.2, 0.25) is 5.91 Å². The SMILES string of the molecule is Cl.O=C(CCc1ccsc1)Nc1ccc2c(c1)CNCC2. The Morgan fingerprint density at radius 1 is 1.29 bits per heavy atom. The van der Waals surface area contributed by atoms with Gasteiger partial charge >= 0.3 is 0 Å². The normalized spacial score (nSPS) is 13.1. The van der Waals surface area contributed by atoms with Gasteiger partial charge in [-0.05, 0) is 65.0 Å². The van der Waals surface area contributed by atoms with E-state index in [4.69, 9.17) is 0 Å². The summed E-state index contributed by atoms with van der Waals surface area (Å²) < 4.78 is 0. The molecule has 0 radical (unpaired) electrons. The van der Waals surface area contributed by atoms with E-state index < -0.39 is 0 Å². The number of carbonyl (C=O) groups is 1. The van der Waals surface area contributed by atoms with Crippen LogP contribution in [0.1, 0.15) is 23.1 Å². The molecule has 2 N–H and O–H groups in total. The molecule has 1 aromatic carbocycles. The van der Waals surface area contributed by atoms with Crippen LogP contribution in [0.4, 0.5) is 5.69 Å². The van der Waals surface area contributed by atoms with Crippen molar-refractivity contribution in [1.29, 1.82) is 0 Å². The molecule has 0 spiro atoms. The second-order valence-electron chi connectivity index (χ2n) is 5.09. The van der Waals surface area contributed by atoms with E-state index in [1.807, 2.05) is 11.4 Å². The molecule has 0 bridgehead atoms. The summed E-state index contributed by atoms with van der Waals surface area (Å²) in [4.78, 5) is 12.0. The largest absolute Gasteiger partial charge is 0.326 e. The third-order valence-electron chi connectivity index (χ3n) is 3.60. The molecule has 0 saturated carbocycles. The number of amides is 1. The van der Waals surface area contributed by atoms with Gasteiger partial charge in [-0.3, -0.25) is 4.79 Å². The quantitative estimate of drug-likeness (QED) is 0.906. The second kappa shape index (κ2) is 7.59. The fourth-order valence-electron chi connectivity index (χ4n) is 2.47. The molecule has 1 amide bonds. The number of rotatable bonds is 4. The van der Waals surface area contributed by atoms with E-state index in [9.17, 15) is 4.79 Å². The number of nitrogens with one attached hydrogen (secondary N) is 2. The van der Waals surface area contributed by atoms with E-state index in [2.05, 4.69) is 34.2 Å². The molecule has 0 unspecified atom stereocenters. The Balaban J connectivity index is 0.00000161. The first kappa shape index (κ1) is 16.0. The van der Waals surface area contributed by atoms with Gasteiger partial charge in [0.15, 0.2) is 0 Å². The third-order valence-corrected chi connectivity index (χ3v) is 4.33. The van der Waals surface area contributed by atoms with Crippen LogP contribution in [0.3, 0.4) is 0 Å². The minimum Gasteiger partial charge on any atom is -0.326 e. The lowest BCUT2D eigenvalue weighted by atomic mass is 10.0. The van der Waals surface area contributed by atoms with Crippen molar-refractivity contribution in [2.75, 3.05) is 11.9 Å². The molecule has 0 saturated heterocycles. The maximum atomic E-state index is 12.0. The smallest absolute Gasteiger partial charge is 0.224 e. The van der Waals surface area contributed by atoms with E-state index >= 15 is 0 Å². The van der Waals surface area contributed by atoms with Crippen molar-refractivity contribution in [1.82, 2.24) is 5.32 Å². The maximum absolute atomic E-state index is 12.0. The Morgan fingerprint density at radius 3 is 3.00 bits per heavy atom. The highest BCUT2D eigenvalue weighted by molar-refractivity contribution is 7.07. The van der Waals surface area contributed by atoms with E-state index in [0.717, 1.165) is 31.6 Å². The third kappa shape index (κ3) is 4.30. The number of anilines is 1. The first-order chi connectivity index (χ1) is 9.81.